The molecule has 3 rings (SSSR count). The number of nitrogens with two attached hydrogens (primary N) is 1. The van der Waals surface area contributed by atoms with Crippen molar-refractivity contribution in [1.82, 2.24) is 5.43 Å². The normalized spacial score (nSPS) is 16.7. The third kappa shape index (κ3) is 4.53. The molecule has 10 heteroatoms. The first kappa shape index (κ1) is 19.5. The van der Waals surface area contributed by atoms with Crippen LogP contribution in [-0.2, 0) is 14.8 Å². The van der Waals surface area contributed by atoms with Crippen LogP contribution in [0.25, 0.3) is 0 Å². The fourth-order valence-electron chi connectivity index (χ4n) is 2.83. The summed E-state index contributed by atoms with van der Waals surface area (Å²) < 4.78 is 23.2. The molecule has 0 bridgehead atoms. The van der Waals surface area contributed by atoms with Gasteiger partial charge in [0.1, 0.15) is 4.90 Å². The number of carbonyl (C=O) groups is 2. The van der Waals surface area contributed by atoms with Crippen LogP contribution < -0.4 is 21.2 Å². The van der Waals surface area contributed by atoms with E-state index in [2.05, 4.69) is 21.2 Å². The predicted octanol–water partition coefficient (Wildman–Crippen LogP) is 1.84. The van der Waals surface area contributed by atoms with Crippen LogP contribution in [0.2, 0.25) is 0 Å². The number of benzene rings is 2. The molecular weight excluding hydrogens is 382 g/mol. The molecule has 1 heterocycles. The maximum atomic E-state index is 12.2. The molecule has 5 N–H and O–H groups in total. The molecule has 0 saturated heterocycles. The standard InChI is InChI=1S/C18H19N5O4S/c1-11-10-16(24)22-23-17(11)12-6-8-13(9-7-12)20-18(25)21-14-4-2-3-5-15(14)28(19,26)27/h2-9,11H,10H2,1H3,(H,22,24)(H2,19,26,27)(H2,20,21,25). The van der Waals surface area contributed by atoms with Gasteiger partial charge in [0.2, 0.25) is 15.9 Å². The third-order valence-electron chi connectivity index (χ3n) is 4.14. The average Bonchev–Trinajstić information content (AvgIpc) is 2.62. The van der Waals surface area contributed by atoms with Gasteiger partial charge in [0, 0.05) is 18.0 Å². The lowest BCUT2D eigenvalue weighted by molar-refractivity contribution is -0.121. The Balaban J connectivity index is 1.70. The summed E-state index contributed by atoms with van der Waals surface area (Å²) in [4.78, 5) is 23.4. The first-order valence-corrected chi connectivity index (χ1v) is 9.95. The van der Waals surface area contributed by atoms with Crippen molar-refractivity contribution in [2.45, 2.75) is 18.2 Å². The molecule has 0 saturated carbocycles. The Kier molecular flexibility index (Phi) is 5.43. The summed E-state index contributed by atoms with van der Waals surface area (Å²) in [5, 5.41) is 14.3. The highest BCUT2D eigenvalue weighted by Crippen LogP contribution is 2.21. The van der Waals surface area contributed by atoms with Crippen molar-refractivity contribution in [3.63, 3.8) is 0 Å². The van der Waals surface area contributed by atoms with E-state index < -0.39 is 16.1 Å². The number of sulfonamides is 1. The molecule has 0 fully saturated rings. The minimum absolute atomic E-state index is 0.00873. The summed E-state index contributed by atoms with van der Waals surface area (Å²) in [5.74, 6) is -0.128. The second-order valence-electron chi connectivity index (χ2n) is 6.33. The largest absolute Gasteiger partial charge is 0.323 e. The SMILES string of the molecule is CC1CC(=O)NN=C1c1ccc(NC(=O)Nc2ccccc2S(N)(=O)=O)cc1. The number of hydrogen-bond donors (Lipinski definition) is 4. The number of rotatable bonds is 4. The summed E-state index contributed by atoms with van der Waals surface area (Å²) in [6.45, 7) is 1.92. The van der Waals surface area contributed by atoms with Crippen LogP contribution in [0.4, 0.5) is 16.2 Å². The molecule has 0 spiro atoms. The monoisotopic (exact) mass is 401 g/mol. The Morgan fingerprint density at radius 1 is 1.14 bits per heavy atom. The molecule has 2 aromatic rings. The number of carbonyl (C=O) groups excluding carboxylic acids is 2. The Hall–Kier alpha value is -3.24. The number of urea groups is 1. The van der Waals surface area contributed by atoms with Crippen LogP contribution >= 0.6 is 0 Å². The van der Waals surface area contributed by atoms with Crippen molar-refractivity contribution in [3.8, 4) is 0 Å². The van der Waals surface area contributed by atoms with Gasteiger partial charge in [0.05, 0.1) is 11.4 Å². The van der Waals surface area contributed by atoms with Crippen LogP contribution in [-0.4, -0.2) is 26.1 Å². The van der Waals surface area contributed by atoms with Crippen molar-refractivity contribution in [3.05, 3.63) is 54.1 Å². The maximum Gasteiger partial charge on any atom is 0.323 e. The van der Waals surface area contributed by atoms with Gasteiger partial charge in [-0.05, 0) is 29.8 Å². The summed E-state index contributed by atoms with van der Waals surface area (Å²) >= 11 is 0. The number of hydrazone groups is 1. The zero-order chi connectivity index (χ0) is 20.3. The summed E-state index contributed by atoms with van der Waals surface area (Å²) in [5.41, 5.74) is 4.64. The number of amides is 3. The lowest BCUT2D eigenvalue weighted by Crippen LogP contribution is -2.31. The first-order valence-electron chi connectivity index (χ1n) is 8.41. The highest BCUT2D eigenvalue weighted by atomic mass is 32.2. The smallest absolute Gasteiger partial charge is 0.308 e. The number of nitrogens with one attached hydrogen (secondary N) is 3. The van der Waals surface area contributed by atoms with E-state index in [0.717, 1.165) is 11.3 Å². The quantitative estimate of drug-likeness (QED) is 0.620. The van der Waals surface area contributed by atoms with Gasteiger partial charge in [-0.15, -0.1) is 0 Å². The third-order valence-corrected chi connectivity index (χ3v) is 5.11. The molecule has 0 aliphatic carbocycles. The average molecular weight is 401 g/mol. The molecule has 1 aliphatic rings. The second kappa shape index (κ2) is 7.79. The van der Waals surface area contributed by atoms with Crippen molar-refractivity contribution < 1.29 is 18.0 Å². The topological polar surface area (TPSA) is 143 Å². The van der Waals surface area contributed by atoms with E-state index in [-0.39, 0.29) is 22.4 Å². The zero-order valence-corrected chi connectivity index (χ0v) is 15.8. The molecule has 28 heavy (non-hydrogen) atoms. The van der Waals surface area contributed by atoms with Crippen LogP contribution in [0.15, 0.2) is 58.5 Å². The van der Waals surface area contributed by atoms with E-state index >= 15 is 0 Å². The molecule has 2 aromatic carbocycles. The molecule has 3 amide bonds. The van der Waals surface area contributed by atoms with Gasteiger partial charge in [0.15, 0.2) is 0 Å². The number of hydrogen-bond acceptors (Lipinski definition) is 5. The van der Waals surface area contributed by atoms with Crippen LogP contribution in [0.3, 0.4) is 0 Å². The van der Waals surface area contributed by atoms with Crippen molar-refractivity contribution in [1.29, 1.82) is 0 Å². The van der Waals surface area contributed by atoms with E-state index in [1.165, 1.54) is 18.2 Å². The molecule has 146 valence electrons. The molecule has 0 aromatic heterocycles. The molecule has 0 radical (unpaired) electrons. The van der Waals surface area contributed by atoms with E-state index in [0.29, 0.717) is 12.1 Å². The highest BCUT2D eigenvalue weighted by Gasteiger charge is 2.21. The number of para-hydroxylation sites is 1. The minimum atomic E-state index is -3.96. The summed E-state index contributed by atoms with van der Waals surface area (Å²) in [6, 6.07) is 12.2. The van der Waals surface area contributed by atoms with E-state index in [1.54, 1.807) is 30.3 Å². The Bertz CT molecular complexity index is 1050. The van der Waals surface area contributed by atoms with E-state index in [4.69, 9.17) is 5.14 Å². The van der Waals surface area contributed by atoms with Gasteiger partial charge in [-0.2, -0.15) is 5.10 Å². The lowest BCUT2D eigenvalue weighted by Gasteiger charge is -2.19. The van der Waals surface area contributed by atoms with Crippen LogP contribution in [0.1, 0.15) is 18.9 Å². The van der Waals surface area contributed by atoms with Gasteiger partial charge in [-0.25, -0.2) is 23.8 Å². The predicted molar refractivity (Wildman–Crippen MR) is 105 cm³/mol. The van der Waals surface area contributed by atoms with Gasteiger partial charge >= 0.3 is 6.03 Å². The van der Waals surface area contributed by atoms with Crippen molar-refractivity contribution in [2.75, 3.05) is 10.6 Å². The van der Waals surface area contributed by atoms with Crippen molar-refractivity contribution in [2.24, 2.45) is 16.2 Å². The summed E-state index contributed by atoms with van der Waals surface area (Å²) in [6.07, 6.45) is 0.366. The second-order valence-corrected chi connectivity index (χ2v) is 7.86. The van der Waals surface area contributed by atoms with E-state index in [1.807, 2.05) is 6.92 Å². The zero-order valence-electron chi connectivity index (χ0n) is 15.0. The van der Waals surface area contributed by atoms with Gasteiger partial charge < -0.3 is 10.6 Å². The van der Waals surface area contributed by atoms with Gasteiger partial charge in [0.25, 0.3) is 0 Å². The molecular formula is C18H19N5O4S. The fraction of sp³-hybridized carbons (Fsp3) is 0.167. The lowest BCUT2D eigenvalue weighted by atomic mass is 9.94. The maximum absolute atomic E-state index is 12.2. The number of nitrogens with zero attached hydrogens (tertiary/aromatic N) is 1. The first-order chi connectivity index (χ1) is 13.2. The Labute approximate surface area is 162 Å². The van der Waals surface area contributed by atoms with Crippen LogP contribution in [0, 0.1) is 5.92 Å². The molecule has 1 aliphatic heterocycles. The van der Waals surface area contributed by atoms with Gasteiger partial charge in [-0.1, -0.05) is 31.2 Å². The minimum Gasteiger partial charge on any atom is -0.308 e. The Morgan fingerprint density at radius 2 is 1.82 bits per heavy atom. The highest BCUT2D eigenvalue weighted by molar-refractivity contribution is 7.89. The molecule has 1 unspecified atom stereocenters. The number of primary sulfonamides is 1. The van der Waals surface area contributed by atoms with E-state index in [9.17, 15) is 18.0 Å². The summed E-state index contributed by atoms with van der Waals surface area (Å²) in [7, 11) is -3.96. The number of anilines is 2. The molecule has 1 atom stereocenters. The van der Waals surface area contributed by atoms with Crippen LogP contribution in [0.5, 0.6) is 0 Å². The molecule has 9 nitrogen and oxygen atoms in total. The Morgan fingerprint density at radius 3 is 2.46 bits per heavy atom. The van der Waals surface area contributed by atoms with Crippen molar-refractivity contribution >= 4 is 39.0 Å². The fourth-order valence-corrected chi connectivity index (χ4v) is 3.52. The van der Waals surface area contributed by atoms with Gasteiger partial charge in [-0.3, -0.25) is 4.79 Å².